The molecule has 2 heterocycles. The van der Waals surface area contributed by atoms with E-state index in [4.69, 9.17) is 4.42 Å². The quantitative estimate of drug-likeness (QED) is 0.351. The Bertz CT molecular complexity index is 1110. The van der Waals surface area contributed by atoms with E-state index in [1.54, 1.807) is 31.2 Å². The van der Waals surface area contributed by atoms with Crippen LogP contribution in [0.15, 0.2) is 62.2 Å². The average Bonchev–Trinajstić information content (AvgIpc) is 3.15. The van der Waals surface area contributed by atoms with E-state index in [1.165, 1.54) is 6.08 Å². The number of hydrogen-bond donors (Lipinski definition) is 1. The third-order valence-electron chi connectivity index (χ3n) is 4.01. The minimum atomic E-state index is -0.493. The van der Waals surface area contributed by atoms with Crippen molar-refractivity contribution in [1.82, 2.24) is 19.7 Å². The molecule has 2 aromatic heterocycles. The smallest absolute Gasteiger partial charge is 0.328 e. The summed E-state index contributed by atoms with van der Waals surface area (Å²) in [5.74, 6) is 0.344. The predicted molar refractivity (Wildman–Crippen MR) is 105 cm³/mol. The molecule has 8 nitrogen and oxygen atoms in total. The van der Waals surface area contributed by atoms with Crippen LogP contribution in [0.3, 0.4) is 0 Å². The number of aryl methyl sites for hydroxylation is 1. The van der Waals surface area contributed by atoms with Gasteiger partial charge in [0.25, 0.3) is 10.8 Å². The van der Waals surface area contributed by atoms with E-state index >= 15 is 0 Å². The molecule has 9 heteroatoms. The van der Waals surface area contributed by atoms with E-state index in [0.717, 1.165) is 16.3 Å². The molecule has 3 rings (SSSR count). The summed E-state index contributed by atoms with van der Waals surface area (Å²) < 4.78 is 6.60. The van der Waals surface area contributed by atoms with Gasteiger partial charge in [-0.15, -0.1) is 16.8 Å². The Morgan fingerprint density at radius 3 is 2.75 bits per heavy atom. The molecule has 1 N–H and O–H groups in total. The zero-order chi connectivity index (χ0) is 20.1. The lowest BCUT2D eigenvalue weighted by Gasteiger charge is -2.06. The summed E-state index contributed by atoms with van der Waals surface area (Å²) in [6.07, 6.45) is 1.56. The lowest BCUT2D eigenvalue weighted by atomic mass is 10.1. The Morgan fingerprint density at radius 1 is 1.29 bits per heavy atom. The number of aromatic nitrogens is 4. The van der Waals surface area contributed by atoms with Gasteiger partial charge in [0.15, 0.2) is 5.78 Å². The van der Waals surface area contributed by atoms with Gasteiger partial charge in [0.05, 0.1) is 12.2 Å². The molecule has 0 atom stereocenters. The number of allylic oxidation sites excluding steroid dienone is 1. The Balaban J connectivity index is 1.72. The van der Waals surface area contributed by atoms with Crippen molar-refractivity contribution >= 4 is 17.5 Å². The summed E-state index contributed by atoms with van der Waals surface area (Å²) in [5.41, 5.74) is 0.505. The van der Waals surface area contributed by atoms with Gasteiger partial charge < -0.3 is 9.40 Å². The molecule has 1 aromatic carbocycles. The molecule has 144 valence electrons. The van der Waals surface area contributed by atoms with Crippen LogP contribution in [0.1, 0.15) is 27.5 Å². The number of benzene rings is 1. The van der Waals surface area contributed by atoms with E-state index in [-0.39, 0.29) is 35.6 Å². The van der Waals surface area contributed by atoms with Gasteiger partial charge in [0, 0.05) is 23.4 Å². The maximum Gasteiger partial charge on any atom is 0.328 e. The number of rotatable bonds is 8. The highest BCUT2D eigenvalue weighted by molar-refractivity contribution is 7.99. The van der Waals surface area contributed by atoms with E-state index in [2.05, 4.69) is 21.8 Å². The van der Waals surface area contributed by atoms with Crippen molar-refractivity contribution in [3.05, 3.63) is 86.5 Å². The molecule has 0 aliphatic carbocycles. The van der Waals surface area contributed by atoms with Crippen molar-refractivity contribution in [2.75, 3.05) is 5.75 Å². The fourth-order valence-electron chi connectivity index (χ4n) is 2.58. The molecule has 0 unspecified atom stereocenters. The highest BCUT2D eigenvalue weighted by Crippen LogP contribution is 2.19. The van der Waals surface area contributed by atoms with Gasteiger partial charge in [-0.1, -0.05) is 48.2 Å². The second kappa shape index (κ2) is 8.66. The molecule has 0 spiro atoms. The summed E-state index contributed by atoms with van der Waals surface area (Å²) in [7, 11) is 0. The second-order valence-corrected chi connectivity index (χ2v) is 6.88. The standard InChI is InChI=1S/C19H18N4O4S/c1-3-9-23-17(25)14(12(2)20-18(23)26)10-16-21-22-19(27-16)28-11-15(24)13-7-5-4-6-8-13/h3-8H,1,9-11H2,2H3,(H,20,26). The maximum absolute atomic E-state index is 12.5. The highest BCUT2D eigenvalue weighted by atomic mass is 32.2. The first-order valence-electron chi connectivity index (χ1n) is 8.46. The molecular weight excluding hydrogens is 380 g/mol. The number of Topliss-reactive ketones (excluding diaryl/α,β-unsaturated/α-hetero) is 1. The first-order chi connectivity index (χ1) is 13.5. The number of ketones is 1. The van der Waals surface area contributed by atoms with Crippen molar-refractivity contribution in [2.45, 2.75) is 25.1 Å². The monoisotopic (exact) mass is 398 g/mol. The van der Waals surface area contributed by atoms with Crippen LogP contribution in [0.25, 0.3) is 0 Å². The van der Waals surface area contributed by atoms with Crippen molar-refractivity contribution in [3.8, 4) is 0 Å². The third kappa shape index (κ3) is 4.37. The van der Waals surface area contributed by atoms with Gasteiger partial charge in [-0.05, 0) is 6.92 Å². The second-order valence-electron chi connectivity index (χ2n) is 5.95. The Morgan fingerprint density at radius 2 is 2.04 bits per heavy atom. The van der Waals surface area contributed by atoms with Crippen molar-refractivity contribution in [2.24, 2.45) is 0 Å². The highest BCUT2D eigenvalue weighted by Gasteiger charge is 2.16. The van der Waals surface area contributed by atoms with Crippen molar-refractivity contribution < 1.29 is 9.21 Å². The normalized spacial score (nSPS) is 10.8. The zero-order valence-corrected chi connectivity index (χ0v) is 16.0. The first kappa shape index (κ1) is 19.6. The lowest BCUT2D eigenvalue weighted by Crippen LogP contribution is -2.37. The average molecular weight is 398 g/mol. The minimum absolute atomic E-state index is 0.0471. The summed E-state index contributed by atoms with van der Waals surface area (Å²) in [6, 6.07) is 8.93. The number of H-pyrrole nitrogens is 1. The molecule has 0 aliphatic heterocycles. The maximum atomic E-state index is 12.5. The first-order valence-corrected chi connectivity index (χ1v) is 9.45. The molecule has 0 bridgehead atoms. The van der Waals surface area contributed by atoms with Gasteiger partial charge in [0.1, 0.15) is 0 Å². The van der Waals surface area contributed by atoms with Crippen LogP contribution in [-0.2, 0) is 13.0 Å². The molecule has 3 aromatic rings. The molecule has 0 aliphatic rings. The number of nitrogens with zero attached hydrogens (tertiary/aromatic N) is 3. The molecule has 0 radical (unpaired) electrons. The molecule has 28 heavy (non-hydrogen) atoms. The summed E-state index contributed by atoms with van der Waals surface area (Å²) in [4.78, 5) is 39.2. The number of carbonyl (C=O) groups is 1. The Kier molecular flexibility index (Phi) is 6.05. The van der Waals surface area contributed by atoms with E-state index in [9.17, 15) is 14.4 Å². The Hall–Kier alpha value is -3.20. The number of thioether (sulfide) groups is 1. The van der Waals surface area contributed by atoms with E-state index in [0.29, 0.717) is 16.8 Å². The zero-order valence-electron chi connectivity index (χ0n) is 15.2. The van der Waals surface area contributed by atoms with E-state index in [1.807, 2.05) is 6.07 Å². The molecule has 0 saturated carbocycles. The van der Waals surface area contributed by atoms with Crippen LogP contribution in [-0.4, -0.2) is 31.3 Å². The van der Waals surface area contributed by atoms with E-state index < -0.39 is 11.2 Å². The van der Waals surface area contributed by atoms with Gasteiger partial charge in [-0.3, -0.25) is 14.2 Å². The van der Waals surface area contributed by atoms with Crippen LogP contribution in [0, 0.1) is 6.92 Å². The summed E-state index contributed by atoms with van der Waals surface area (Å²) in [5, 5.41) is 8.09. The predicted octanol–water partition coefficient (Wildman–Crippen LogP) is 1.98. The number of aromatic amines is 1. The largest absolute Gasteiger partial charge is 0.416 e. The summed E-state index contributed by atoms with van der Waals surface area (Å²) in [6.45, 7) is 5.30. The molecule has 0 saturated heterocycles. The van der Waals surface area contributed by atoms with Crippen LogP contribution in [0.2, 0.25) is 0 Å². The molecule has 0 fully saturated rings. The third-order valence-corrected chi connectivity index (χ3v) is 4.82. The number of hydrogen-bond acceptors (Lipinski definition) is 7. The van der Waals surface area contributed by atoms with Gasteiger partial charge in [0.2, 0.25) is 5.89 Å². The van der Waals surface area contributed by atoms with Gasteiger partial charge in [-0.25, -0.2) is 4.79 Å². The minimum Gasteiger partial charge on any atom is -0.416 e. The topological polar surface area (TPSA) is 111 Å². The van der Waals surface area contributed by atoms with Gasteiger partial charge in [-0.2, -0.15) is 0 Å². The van der Waals surface area contributed by atoms with Crippen LogP contribution < -0.4 is 11.2 Å². The lowest BCUT2D eigenvalue weighted by molar-refractivity contribution is 0.102. The van der Waals surface area contributed by atoms with Crippen LogP contribution in [0.4, 0.5) is 0 Å². The molecule has 0 amide bonds. The van der Waals surface area contributed by atoms with Gasteiger partial charge >= 0.3 is 5.69 Å². The molecular formula is C19H18N4O4S. The van der Waals surface area contributed by atoms with Crippen molar-refractivity contribution in [1.29, 1.82) is 0 Å². The van der Waals surface area contributed by atoms with Crippen LogP contribution in [0.5, 0.6) is 0 Å². The number of nitrogens with one attached hydrogen (secondary N) is 1. The fraction of sp³-hybridized carbons (Fsp3) is 0.211. The number of carbonyl (C=O) groups excluding carboxylic acids is 1. The Labute approximate surface area is 164 Å². The SMILES string of the molecule is C=CCn1c(=O)[nH]c(C)c(Cc2nnc(SCC(=O)c3ccccc3)o2)c1=O. The summed E-state index contributed by atoms with van der Waals surface area (Å²) >= 11 is 1.13. The van der Waals surface area contributed by atoms with Crippen molar-refractivity contribution in [3.63, 3.8) is 0 Å². The fourth-order valence-corrected chi connectivity index (χ4v) is 3.25. The van der Waals surface area contributed by atoms with Crippen LogP contribution >= 0.6 is 11.8 Å².